The first-order chi connectivity index (χ1) is 10.8. The number of sulfonamides is 1. The van der Waals surface area contributed by atoms with Crippen molar-refractivity contribution in [2.24, 2.45) is 5.14 Å². The Morgan fingerprint density at radius 3 is 2.00 bits per heavy atom. The zero-order valence-electron chi connectivity index (χ0n) is 11.4. The molecule has 0 aliphatic heterocycles. The molecule has 9 heteroatoms. The third-order valence-electron chi connectivity index (χ3n) is 3.02. The summed E-state index contributed by atoms with van der Waals surface area (Å²) in [6, 6.07) is 10.8. The molecule has 0 atom stereocenters. The SMILES string of the molecule is NS(=O)(=O)c1ccc(-c2nnc(-c3ccc(Cl)c(Cl)c3)o2)cc1. The smallest absolute Gasteiger partial charge is 0.248 e. The van der Waals surface area contributed by atoms with Gasteiger partial charge in [0.05, 0.1) is 14.9 Å². The number of aromatic nitrogens is 2. The van der Waals surface area contributed by atoms with Crippen LogP contribution in [0.3, 0.4) is 0 Å². The maximum Gasteiger partial charge on any atom is 0.248 e. The molecule has 1 heterocycles. The van der Waals surface area contributed by atoms with Crippen molar-refractivity contribution in [1.82, 2.24) is 10.2 Å². The van der Waals surface area contributed by atoms with Crippen molar-refractivity contribution in [3.63, 3.8) is 0 Å². The van der Waals surface area contributed by atoms with Gasteiger partial charge in [0, 0.05) is 11.1 Å². The Bertz CT molecular complexity index is 969. The molecule has 2 N–H and O–H groups in total. The van der Waals surface area contributed by atoms with Crippen LogP contribution in [0.5, 0.6) is 0 Å². The average molecular weight is 370 g/mol. The molecule has 3 aromatic rings. The second-order valence-electron chi connectivity index (χ2n) is 4.61. The van der Waals surface area contributed by atoms with Crippen LogP contribution in [0, 0.1) is 0 Å². The lowest BCUT2D eigenvalue weighted by Gasteiger charge is -1.99. The summed E-state index contributed by atoms with van der Waals surface area (Å²) < 4.78 is 28.0. The predicted molar refractivity (Wildman–Crippen MR) is 86.6 cm³/mol. The summed E-state index contributed by atoms with van der Waals surface area (Å²) in [4.78, 5) is 0.00507. The fourth-order valence-electron chi connectivity index (χ4n) is 1.87. The highest BCUT2D eigenvalue weighted by molar-refractivity contribution is 7.89. The quantitative estimate of drug-likeness (QED) is 0.762. The monoisotopic (exact) mass is 369 g/mol. The van der Waals surface area contributed by atoms with E-state index in [1.807, 2.05) is 0 Å². The molecule has 0 radical (unpaired) electrons. The van der Waals surface area contributed by atoms with Crippen molar-refractivity contribution >= 4 is 33.2 Å². The van der Waals surface area contributed by atoms with Crippen molar-refractivity contribution in [1.29, 1.82) is 0 Å². The molecule has 0 saturated carbocycles. The maximum atomic E-state index is 11.2. The van der Waals surface area contributed by atoms with Crippen LogP contribution in [0.4, 0.5) is 0 Å². The largest absolute Gasteiger partial charge is 0.416 e. The third kappa shape index (κ3) is 3.37. The summed E-state index contributed by atoms with van der Waals surface area (Å²) in [6.07, 6.45) is 0. The summed E-state index contributed by atoms with van der Waals surface area (Å²) in [5.74, 6) is 0.515. The molecule has 3 rings (SSSR count). The van der Waals surface area contributed by atoms with E-state index < -0.39 is 10.0 Å². The molecule has 1 aromatic heterocycles. The van der Waals surface area contributed by atoms with E-state index in [-0.39, 0.29) is 16.7 Å². The maximum absolute atomic E-state index is 11.2. The highest BCUT2D eigenvalue weighted by Gasteiger charge is 2.13. The standard InChI is InChI=1S/C14H9Cl2N3O3S/c15-11-6-3-9(7-12(11)16)14-19-18-13(22-14)8-1-4-10(5-2-8)23(17,20)21/h1-7H,(H2,17,20,21). The lowest BCUT2D eigenvalue weighted by Crippen LogP contribution is -2.11. The van der Waals surface area contributed by atoms with Gasteiger partial charge in [-0.2, -0.15) is 0 Å². The predicted octanol–water partition coefficient (Wildman–Crippen LogP) is 3.36. The number of nitrogens with two attached hydrogens (primary N) is 1. The molecule has 118 valence electrons. The molecule has 0 saturated heterocycles. The molecule has 6 nitrogen and oxygen atoms in total. The average Bonchev–Trinajstić information content (AvgIpc) is 2.99. The van der Waals surface area contributed by atoms with Crippen LogP contribution in [-0.4, -0.2) is 18.6 Å². The molecular formula is C14H9Cl2N3O3S. The molecule has 2 aromatic carbocycles. The van der Waals surface area contributed by atoms with Crippen LogP contribution in [0.2, 0.25) is 10.0 Å². The molecule has 0 aliphatic rings. The van der Waals surface area contributed by atoms with Crippen LogP contribution in [-0.2, 0) is 10.0 Å². The first kappa shape index (κ1) is 15.9. The minimum atomic E-state index is -3.74. The number of halogens is 2. The van der Waals surface area contributed by atoms with E-state index in [2.05, 4.69) is 10.2 Å². The Kier molecular flexibility index (Phi) is 4.11. The summed E-state index contributed by atoms with van der Waals surface area (Å²) in [5.41, 5.74) is 1.19. The number of primary sulfonamides is 1. The summed E-state index contributed by atoms with van der Waals surface area (Å²) in [5, 5.41) is 13.7. The molecule has 0 fully saturated rings. The first-order valence-electron chi connectivity index (χ1n) is 6.27. The zero-order chi connectivity index (χ0) is 16.6. The Labute approximate surface area is 141 Å². The van der Waals surface area contributed by atoms with Gasteiger partial charge < -0.3 is 4.42 Å². The van der Waals surface area contributed by atoms with Gasteiger partial charge in [-0.25, -0.2) is 13.6 Å². The van der Waals surface area contributed by atoms with Gasteiger partial charge in [-0.3, -0.25) is 0 Å². The molecule has 0 aliphatic carbocycles. The topological polar surface area (TPSA) is 99.1 Å². The van der Waals surface area contributed by atoms with Crippen LogP contribution >= 0.6 is 23.2 Å². The van der Waals surface area contributed by atoms with Crippen molar-refractivity contribution in [2.45, 2.75) is 4.90 Å². The highest BCUT2D eigenvalue weighted by atomic mass is 35.5. The number of hydrogen-bond donors (Lipinski definition) is 1. The van der Waals surface area contributed by atoms with Crippen LogP contribution in [0.1, 0.15) is 0 Å². The Hall–Kier alpha value is -1.93. The van der Waals surface area contributed by atoms with Gasteiger partial charge in [0.2, 0.25) is 21.8 Å². The van der Waals surface area contributed by atoms with E-state index in [0.29, 0.717) is 21.2 Å². The van der Waals surface area contributed by atoms with Crippen molar-refractivity contribution < 1.29 is 12.8 Å². The van der Waals surface area contributed by atoms with Gasteiger partial charge in [0.1, 0.15) is 0 Å². The van der Waals surface area contributed by atoms with Crippen LogP contribution < -0.4 is 5.14 Å². The summed E-state index contributed by atoms with van der Waals surface area (Å²) >= 11 is 11.8. The van der Waals surface area contributed by atoms with E-state index >= 15 is 0 Å². The Morgan fingerprint density at radius 1 is 0.870 bits per heavy atom. The highest BCUT2D eigenvalue weighted by Crippen LogP contribution is 2.29. The van der Waals surface area contributed by atoms with Crippen LogP contribution in [0.25, 0.3) is 22.9 Å². The lowest BCUT2D eigenvalue weighted by atomic mass is 10.2. The second-order valence-corrected chi connectivity index (χ2v) is 6.99. The number of hydrogen-bond acceptors (Lipinski definition) is 5. The Balaban J connectivity index is 1.94. The van der Waals surface area contributed by atoms with Crippen molar-refractivity contribution in [3.8, 4) is 22.9 Å². The van der Waals surface area contributed by atoms with Gasteiger partial charge in [-0.15, -0.1) is 10.2 Å². The first-order valence-corrected chi connectivity index (χ1v) is 8.57. The van der Waals surface area contributed by atoms with Gasteiger partial charge in [0.25, 0.3) is 0 Å². The van der Waals surface area contributed by atoms with Crippen LogP contribution in [0.15, 0.2) is 51.8 Å². The second kappa shape index (κ2) is 5.93. The molecule has 0 spiro atoms. The number of rotatable bonds is 3. The third-order valence-corrected chi connectivity index (χ3v) is 4.69. The molecule has 0 amide bonds. The Morgan fingerprint density at radius 2 is 1.43 bits per heavy atom. The molecular weight excluding hydrogens is 361 g/mol. The lowest BCUT2D eigenvalue weighted by molar-refractivity contribution is 0.584. The minimum absolute atomic E-state index is 0.00507. The van der Waals surface area contributed by atoms with E-state index in [4.69, 9.17) is 32.8 Å². The van der Waals surface area contributed by atoms with Gasteiger partial charge >= 0.3 is 0 Å². The summed E-state index contributed by atoms with van der Waals surface area (Å²) in [6.45, 7) is 0. The van der Waals surface area contributed by atoms with Crippen molar-refractivity contribution in [3.05, 3.63) is 52.5 Å². The van der Waals surface area contributed by atoms with E-state index in [0.717, 1.165) is 0 Å². The van der Waals surface area contributed by atoms with E-state index in [1.54, 1.807) is 18.2 Å². The minimum Gasteiger partial charge on any atom is -0.416 e. The zero-order valence-corrected chi connectivity index (χ0v) is 13.7. The van der Waals surface area contributed by atoms with E-state index in [1.165, 1.54) is 24.3 Å². The van der Waals surface area contributed by atoms with Gasteiger partial charge in [-0.1, -0.05) is 23.2 Å². The number of benzene rings is 2. The van der Waals surface area contributed by atoms with Gasteiger partial charge in [0.15, 0.2) is 0 Å². The normalized spacial score (nSPS) is 11.6. The molecule has 0 unspecified atom stereocenters. The molecule has 0 bridgehead atoms. The fourth-order valence-corrected chi connectivity index (χ4v) is 2.69. The summed E-state index contributed by atoms with van der Waals surface area (Å²) in [7, 11) is -3.74. The van der Waals surface area contributed by atoms with Gasteiger partial charge in [-0.05, 0) is 42.5 Å². The molecule has 23 heavy (non-hydrogen) atoms. The van der Waals surface area contributed by atoms with E-state index in [9.17, 15) is 8.42 Å². The number of nitrogens with zero attached hydrogens (tertiary/aromatic N) is 2. The van der Waals surface area contributed by atoms with Crippen molar-refractivity contribution in [2.75, 3.05) is 0 Å². The fraction of sp³-hybridized carbons (Fsp3) is 0.